The van der Waals surface area contributed by atoms with Crippen molar-refractivity contribution in [1.82, 2.24) is 20.9 Å². The summed E-state index contributed by atoms with van der Waals surface area (Å²) in [4.78, 5) is 38.3. The Morgan fingerprint density at radius 3 is 2.76 bits per heavy atom. The van der Waals surface area contributed by atoms with Crippen LogP contribution >= 0.6 is 0 Å². The minimum Gasteiger partial charge on any atom is -0.375 e. The molecule has 29 heavy (non-hydrogen) atoms. The lowest BCUT2D eigenvalue weighted by Crippen LogP contribution is -2.58. The molecule has 3 N–H and O–H groups in total. The van der Waals surface area contributed by atoms with Gasteiger partial charge in [0.1, 0.15) is 12.4 Å². The molecule has 9 heteroatoms. The van der Waals surface area contributed by atoms with Gasteiger partial charge in [-0.1, -0.05) is 12.1 Å². The van der Waals surface area contributed by atoms with Crippen molar-refractivity contribution in [2.45, 2.75) is 43.9 Å². The molecule has 2 aliphatic rings. The predicted octanol–water partition coefficient (Wildman–Crippen LogP) is -0.0740. The topological polar surface area (TPSA) is 99.8 Å². The van der Waals surface area contributed by atoms with Gasteiger partial charge >= 0.3 is 0 Å². The number of amides is 3. The van der Waals surface area contributed by atoms with Crippen molar-refractivity contribution in [2.75, 3.05) is 26.8 Å². The Balaban J connectivity index is 1.47. The highest BCUT2D eigenvalue weighted by molar-refractivity contribution is 5.84. The molecule has 0 saturated carbocycles. The van der Waals surface area contributed by atoms with Crippen LogP contribution in [0, 0.1) is 5.82 Å². The molecule has 3 atom stereocenters. The molecule has 1 aromatic carbocycles. The lowest BCUT2D eigenvalue weighted by molar-refractivity contribution is -0.129. The van der Waals surface area contributed by atoms with Crippen LogP contribution < -0.4 is 16.0 Å². The number of benzene rings is 1. The van der Waals surface area contributed by atoms with Crippen molar-refractivity contribution in [3.8, 4) is 0 Å². The van der Waals surface area contributed by atoms with Gasteiger partial charge in [0.05, 0.1) is 6.04 Å². The molecule has 3 rings (SSSR count). The lowest BCUT2D eigenvalue weighted by atomic mass is 10.0. The molecule has 0 unspecified atom stereocenters. The summed E-state index contributed by atoms with van der Waals surface area (Å²) in [5, 5.41) is 8.63. The number of carbonyl (C=O) groups excluding carboxylic acids is 3. The summed E-state index contributed by atoms with van der Waals surface area (Å²) in [7, 11) is 1.46. The van der Waals surface area contributed by atoms with Crippen LogP contribution in [0.25, 0.3) is 0 Å². The van der Waals surface area contributed by atoms with Gasteiger partial charge in [0, 0.05) is 45.2 Å². The third-order valence-corrected chi connectivity index (χ3v) is 5.37. The molecule has 2 heterocycles. The van der Waals surface area contributed by atoms with Gasteiger partial charge in [0.2, 0.25) is 17.7 Å². The second kappa shape index (κ2) is 9.80. The molecule has 0 aromatic heterocycles. The molecule has 2 aliphatic heterocycles. The largest absolute Gasteiger partial charge is 0.375 e. The summed E-state index contributed by atoms with van der Waals surface area (Å²) < 4.78 is 17.8. The number of methoxy groups -OCH3 is 1. The average Bonchev–Trinajstić information content (AvgIpc) is 3.12. The Hall–Kier alpha value is -2.52. The fraction of sp³-hybridized carbons (Fsp3) is 0.550. The first kappa shape index (κ1) is 21.2. The molecule has 0 bridgehead atoms. The maximum absolute atomic E-state index is 12.9. The average molecular weight is 406 g/mol. The van der Waals surface area contributed by atoms with E-state index >= 15 is 0 Å². The van der Waals surface area contributed by atoms with E-state index < -0.39 is 0 Å². The highest BCUT2D eigenvalue weighted by atomic mass is 19.1. The monoisotopic (exact) mass is 406 g/mol. The molecule has 1 aromatic rings. The quantitative estimate of drug-likeness (QED) is 0.561. The number of hydrogen-bond donors (Lipinski definition) is 3. The highest BCUT2D eigenvalue weighted by Crippen LogP contribution is 2.25. The highest BCUT2D eigenvalue weighted by Gasteiger charge is 2.43. The zero-order chi connectivity index (χ0) is 20.8. The van der Waals surface area contributed by atoms with Crippen LogP contribution in [-0.2, 0) is 25.7 Å². The van der Waals surface area contributed by atoms with E-state index in [1.807, 2.05) is 0 Å². The molecule has 0 radical (unpaired) electrons. The van der Waals surface area contributed by atoms with Crippen LogP contribution in [0.1, 0.15) is 24.8 Å². The minimum atomic E-state index is -0.309. The van der Waals surface area contributed by atoms with Gasteiger partial charge in [-0.25, -0.2) is 4.39 Å². The van der Waals surface area contributed by atoms with Crippen molar-refractivity contribution < 1.29 is 23.5 Å². The normalized spacial score (nSPS) is 23.9. The molecule has 0 spiro atoms. The van der Waals surface area contributed by atoms with E-state index in [0.29, 0.717) is 38.9 Å². The van der Waals surface area contributed by atoms with Crippen LogP contribution in [0.2, 0.25) is 0 Å². The molecule has 158 valence electrons. The van der Waals surface area contributed by atoms with E-state index in [0.717, 1.165) is 5.56 Å². The zero-order valence-corrected chi connectivity index (χ0v) is 16.4. The SMILES string of the molecule is COCC(=O)N[C@H]1C[C@H]2C(=O)NC[C@@H](CCC(=O)NCc3ccc(F)cc3)N2C1. The maximum atomic E-state index is 12.9. The summed E-state index contributed by atoms with van der Waals surface area (Å²) in [6, 6.07) is 5.64. The standard InChI is InChI=1S/C20H27FN4O4/c1-29-12-19(27)24-15-8-17-20(28)23-10-16(25(17)11-15)6-7-18(26)22-9-13-2-4-14(21)5-3-13/h2-5,15-17H,6-12H2,1H3,(H,22,26)(H,23,28)(H,24,27)/t15-,16+,17-/m0/s1. The number of piperazine rings is 1. The van der Waals surface area contributed by atoms with Gasteiger partial charge in [0.15, 0.2) is 0 Å². The van der Waals surface area contributed by atoms with Gasteiger partial charge in [-0.2, -0.15) is 0 Å². The van der Waals surface area contributed by atoms with E-state index in [4.69, 9.17) is 4.74 Å². The lowest BCUT2D eigenvalue weighted by Gasteiger charge is -2.37. The number of rotatable bonds is 8. The number of nitrogens with zero attached hydrogens (tertiary/aromatic N) is 1. The fourth-order valence-electron chi connectivity index (χ4n) is 3.94. The Labute approximate surface area is 169 Å². The van der Waals surface area contributed by atoms with Crippen molar-refractivity contribution in [1.29, 1.82) is 0 Å². The maximum Gasteiger partial charge on any atom is 0.246 e. The molecular weight excluding hydrogens is 379 g/mol. The molecular formula is C20H27FN4O4. The first-order chi connectivity index (χ1) is 14.0. The summed E-state index contributed by atoms with van der Waals surface area (Å²) >= 11 is 0. The fourth-order valence-corrected chi connectivity index (χ4v) is 3.94. The van der Waals surface area contributed by atoms with E-state index in [2.05, 4.69) is 20.9 Å². The number of ether oxygens (including phenoxy) is 1. The Kier molecular flexibility index (Phi) is 7.16. The van der Waals surface area contributed by atoms with Crippen LogP contribution in [0.15, 0.2) is 24.3 Å². The zero-order valence-electron chi connectivity index (χ0n) is 16.4. The summed E-state index contributed by atoms with van der Waals surface area (Å²) in [5.74, 6) is -0.636. The Morgan fingerprint density at radius 1 is 1.28 bits per heavy atom. The third kappa shape index (κ3) is 5.74. The van der Waals surface area contributed by atoms with Gasteiger partial charge in [-0.05, 0) is 30.5 Å². The number of hydrogen-bond acceptors (Lipinski definition) is 5. The second-order valence-corrected chi connectivity index (χ2v) is 7.49. The molecule has 2 fully saturated rings. The summed E-state index contributed by atoms with van der Waals surface area (Å²) in [6.45, 7) is 1.40. The van der Waals surface area contributed by atoms with Crippen molar-refractivity contribution in [2.24, 2.45) is 0 Å². The smallest absolute Gasteiger partial charge is 0.246 e. The Bertz CT molecular complexity index is 743. The number of nitrogens with one attached hydrogen (secondary N) is 3. The predicted molar refractivity (Wildman–Crippen MR) is 103 cm³/mol. The third-order valence-electron chi connectivity index (χ3n) is 5.37. The van der Waals surface area contributed by atoms with Gasteiger partial charge in [-0.15, -0.1) is 0 Å². The van der Waals surface area contributed by atoms with Crippen molar-refractivity contribution in [3.05, 3.63) is 35.6 Å². The summed E-state index contributed by atoms with van der Waals surface area (Å²) in [5.41, 5.74) is 0.832. The van der Waals surface area contributed by atoms with Crippen LogP contribution in [-0.4, -0.2) is 67.6 Å². The Morgan fingerprint density at radius 2 is 2.03 bits per heavy atom. The molecule has 8 nitrogen and oxygen atoms in total. The van der Waals surface area contributed by atoms with Gasteiger partial charge in [-0.3, -0.25) is 19.3 Å². The molecule has 2 saturated heterocycles. The second-order valence-electron chi connectivity index (χ2n) is 7.49. The summed E-state index contributed by atoms with van der Waals surface area (Å²) in [6.07, 6.45) is 1.48. The van der Waals surface area contributed by atoms with Crippen molar-refractivity contribution in [3.63, 3.8) is 0 Å². The van der Waals surface area contributed by atoms with E-state index in [1.54, 1.807) is 12.1 Å². The van der Waals surface area contributed by atoms with Gasteiger partial charge < -0.3 is 20.7 Å². The van der Waals surface area contributed by atoms with Crippen LogP contribution in [0.4, 0.5) is 4.39 Å². The van der Waals surface area contributed by atoms with Crippen LogP contribution in [0.5, 0.6) is 0 Å². The van der Waals surface area contributed by atoms with E-state index in [9.17, 15) is 18.8 Å². The molecule has 0 aliphatic carbocycles. The first-order valence-corrected chi connectivity index (χ1v) is 9.79. The first-order valence-electron chi connectivity index (χ1n) is 9.79. The van der Waals surface area contributed by atoms with E-state index in [1.165, 1.54) is 19.2 Å². The number of fused-ring (bicyclic) bond motifs is 1. The van der Waals surface area contributed by atoms with Crippen molar-refractivity contribution >= 4 is 17.7 Å². The van der Waals surface area contributed by atoms with Gasteiger partial charge in [0.25, 0.3) is 0 Å². The number of halogens is 1. The minimum absolute atomic E-state index is 0.00891. The number of carbonyl (C=O) groups is 3. The molecule has 3 amide bonds. The van der Waals surface area contributed by atoms with E-state index in [-0.39, 0.29) is 48.3 Å². The van der Waals surface area contributed by atoms with Crippen LogP contribution in [0.3, 0.4) is 0 Å².